The second kappa shape index (κ2) is 8.68. The molecule has 0 radical (unpaired) electrons. The Bertz CT molecular complexity index is 1250. The summed E-state index contributed by atoms with van der Waals surface area (Å²) in [5.41, 5.74) is 2.67. The number of urea groups is 2. The lowest BCUT2D eigenvalue weighted by Gasteiger charge is -2.25. The van der Waals surface area contributed by atoms with Crippen LogP contribution >= 0.6 is 0 Å². The number of carbonyl (C=O) groups excluding carboxylic acids is 4. The molecule has 1 aliphatic carbocycles. The van der Waals surface area contributed by atoms with Gasteiger partial charge in [0.05, 0.1) is 0 Å². The first-order valence-electron chi connectivity index (χ1n) is 11.6. The monoisotopic (exact) mass is 479 g/mol. The van der Waals surface area contributed by atoms with Crippen molar-refractivity contribution in [2.75, 3.05) is 25.5 Å². The Morgan fingerprint density at radius 2 is 1.91 bits per heavy atom. The number of hydrogen-bond acceptors (Lipinski definition) is 4. The summed E-state index contributed by atoms with van der Waals surface area (Å²) in [6.45, 7) is 0.426. The van der Waals surface area contributed by atoms with Gasteiger partial charge in [-0.3, -0.25) is 14.5 Å². The lowest BCUT2D eigenvalue weighted by atomic mass is 9.91. The Morgan fingerprint density at radius 1 is 1.09 bits per heavy atom. The fourth-order valence-electron chi connectivity index (χ4n) is 5.24. The Hall–Kier alpha value is -3.95. The molecular formula is C25H26FN5O4. The van der Waals surface area contributed by atoms with Crippen molar-refractivity contribution in [2.24, 2.45) is 0 Å². The SMILES string of the molecule is CNC(=O)Nc1ccc2c(c1)CCC21NC(=O)N(CC(=O)N2CCCc3cc(F)ccc3C2)C1=O. The Morgan fingerprint density at radius 3 is 2.71 bits per heavy atom. The number of fused-ring (bicyclic) bond motifs is 3. The minimum absolute atomic E-state index is 0.304. The molecule has 2 aliphatic heterocycles. The van der Waals surface area contributed by atoms with E-state index in [-0.39, 0.29) is 24.3 Å². The summed E-state index contributed by atoms with van der Waals surface area (Å²) in [6, 6.07) is 8.83. The average Bonchev–Trinajstić information content (AvgIpc) is 3.20. The van der Waals surface area contributed by atoms with Gasteiger partial charge in [-0.1, -0.05) is 12.1 Å². The highest BCUT2D eigenvalue weighted by Gasteiger charge is 2.55. The van der Waals surface area contributed by atoms with Crippen LogP contribution in [0, 0.1) is 5.82 Å². The third-order valence-electron chi connectivity index (χ3n) is 7.04. The molecule has 182 valence electrons. The average molecular weight is 480 g/mol. The molecule has 5 rings (SSSR count). The van der Waals surface area contributed by atoms with Crippen molar-refractivity contribution in [3.63, 3.8) is 0 Å². The van der Waals surface area contributed by atoms with Gasteiger partial charge in [-0.15, -0.1) is 0 Å². The van der Waals surface area contributed by atoms with E-state index in [2.05, 4.69) is 16.0 Å². The van der Waals surface area contributed by atoms with E-state index >= 15 is 0 Å². The van der Waals surface area contributed by atoms with Crippen LogP contribution in [0.3, 0.4) is 0 Å². The highest BCUT2D eigenvalue weighted by atomic mass is 19.1. The first-order chi connectivity index (χ1) is 16.8. The van der Waals surface area contributed by atoms with E-state index < -0.39 is 17.5 Å². The Kier molecular flexibility index (Phi) is 5.66. The van der Waals surface area contributed by atoms with Crippen molar-refractivity contribution in [3.8, 4) is 0 Å². The zero-order valence-electron chi connectivity index (χ0n) is 19.3. The lowest BCUT2D eigenvalue weighted by molar-refractivity contribution is -0.139. The van der Waals surface area contributed by atoms with E-state index in [4.69, 9.17) is 0 Å². The quantitative estimate of drug-likeness (QED) is 0.587. The van der Waals surface area contributed by atoms with Gasteiger partial charge in [0.2, 0.25) is 5.91 Å². The number of anilines is 1. The molecule has 1 saturated heterocycles. The van der Waals surface area contributed by atoms with Crippen LogP contribution in [0.15, 0.2) is 36.4 Å². The van der Waals surface area contributed by atoms with E-state index in [9.17, 15) is 23.6 Å². The summed E-state index contributed by atoms with van der Waals surface area (Å²) < 4.78 is 13.6. The van der Waals surface area contributed by atoms with Crippen LogP contribution in [0.5, 0.6) is 0 Å². The van der Waals surface area contributed by atoms with Crippen molar-refractivity contribution >= 4 is 29.6 Å². The molecule has 0 aromatic heterocycles. The number of halogens is 1. The van der Waals surface area contributed by atoms with Crippen molar-refractivity contribution in [2.45, 2.75) is 37.8 Å². The van der Waals surface area contributed by atoms with Gasteiger partial charge in [-0.25, -0.2) is 14.0 Å². The van der Waals surface area contributed by atoms with Crippen LogP contribution in [0.25, 0.3) is 0 Å². The summed E-state index contributed by atoms with van der Waals surface area (Å²) in [5, 5.41) is 8.01. The number of carbonyl (C=O) groups is 4. The molecule has 0 saturated carbocycles. The normalized spacial score (nSPS) is 20.9. The molecule has 9 nitrogen and oxygen atoms in total. The number of aryl methyl sites for hydroxylation is 2. The van der Waals surface area contributed by atoms with Gasteiger partial charge in [0.25, 0.3) is 5.91 Å². The van der Waals surface area contributed by atoms with Crippen LogP contribution in [-0.2, 0) is 34.5 Å². The van der Waals surface area contributed by atoms with Crippen molar-refractivity contribution in [1.82, 2.24) is 20.4 Å². The van der Waals surface area contributed by atoms with E-state index in [0.717, 1.165) is 21.6 Å². The maximum absolute atomic E-state index is 13.6. The van der Waals surface area contributed by atoms with Crippen LogP contribution in [0.1, 0.15) is 35.1 Å². The van der Waals surface area contributed by atoms with Crippen LogP contribution in [-0.4, -0.2) is 53.8 Å². The smallest absolute Gasteiger partial charge is 0.325 e. The lowest BCUT2D eigenvalue weighted by Crippen LogP contribution is -2.44. The second-order valence-corrected chi connectivity index (χ2v) is 9.13. The molecule has 3 N–H and O–H groups in total. The Labute approximate surface area is 201 Å². The highest BCUT2D eigenvalue weighted by Crippen LogP contribution is 2.42. The van der Waals surface area contributed by atoms with E-state index in [0.29, 0.717) is 50.0 Å². The molecule has 35 heavy (non-hydrogen) atoms. The first kappa shape index (κ1) is 22.8. The molecule has 10 heteroatoms. The standard InChI is InChI=1S/C25H26FN5O4/c1-27-23(34)28-19-6-7-20-16(12-19)8-9-25(20)22(33)31(24(35)29-25)14-21(32)30-10-2-3-15-11-18(26)5-4-17(15)13-30/h4-7,11-12H,2-3,8-10,13-14H2,1H3,(H,29,35)(H2,27,28,34). The fourth-order valence-corrected chi connectivity index (χ4v) is 5.24. The first-order valence-corrected chi connectivity index (χ1v) is 11.6. The topological polar surface area (TPSA) is 111 Å². The van der Waals surface area contributed by atoms with Gasteiger partial charge in [0.15, 0.2) is 0 Å². The number of imide groups is 1. The van der Waals surface area contributed by atoms with Gasteiger partial charge >= 0.3 is 12.1 Å². The van der Waals surface area contributed by atoms with Gasteiger partial charge in [0.1, 0.15) is 17.9 Å². The van der Waals surface area contributed by atoms with Crippen LogP contribution in [0.2, 0.25) is 0 Å². The molecule has 3 aliphatic rings. The van der Waals surface area contributed by atoms with Crippen LogP contribution < -0.4 is 16.0 Å². The van der Waals surface area contributed by atoms with E-state index in [1.807, 2.05) is 0 Å². The molecule has 2 aromatic carbocycles. The number of benzene rings is 2. The number of nitrogens with one attached hydrogen (secondary N) is 3. The molecule has 0 bridgehead atoms. The predicted molar refractivity (Wildman–Crippen MR) is 125 cm³/mol. The maximum Gasteiger partial charge on any atom is 0.325 e. The molecule has 2 heterocycles. The summed E-state index contributed by atoms with van der Waals surface area (Å²) in [4.78, 5) is 53.7. The number of rotatable bonds is 3. The molecule has 1 atom stereocenters. The summed E-state index contributed by atoms with van der Waals surface area (Å²) in [7, 11) is 1.52. The summed E-state index contributed by atoms with van der Waals surface area (Å²) >= 11 is 0. The van der Waals surface area contributed by atoms with E-state index in [1.165, 1.54) is 19.2 Å². The Balaban J connectivity index is 1.32. The second-order valence-electron chi connectivity index (χ2n) is 9.13. The molecule has 1 fully saturated rings. The van der Waals surface area contributed by atoms with Crippen molar-refractivity contribution < 1.29 is 23.6 Å². The zero-order valence-corrected chi connectivity index (χ0v) is 19.3. The fraction of sp³-hybridized carbons (Fsp3) is 0.360. The number of hydrogen-bond donors (Lipinski definition) is 3. The largest absolute Gasteiger partial charge is 0.341 e. The predicted octanol–water partition coefficient (Wildman–Crippen LogP) is 2.25. The zero-order chi connectivity index (χ0) is 24.7. The van der Waals surface area contributed by atoms with Crippen LogP contribution in [0.4, 0.5) is 19.7 Å². The number of amides is 6. The number of nitrogens with zero attached hydrogens (tertiary/aromatic N) is 2. The molecule has 1 spiro atoms. The highest BCUT2D eigenvalue weighted by molar-refractivity contribution is 6.10. The summed E-state index contributed by atoms with van der Waals surface area (Å²) in [6.07, 6.45) is 2.26. The minimum atomic E-state index is -1.21. The minimum Gasteiger partial charge on any atom is -0.341 e. The van der Waals surface area contributed by atoms with Gasteiger partial charge in [-0.2, -0.15) is 0 Å². The van der Waals surface area contributed by atoms with Crippen molar-refractivity contribution in [3.05, 3.63) is 64.5 Å². The summed E-state index contributed by atoms with van der Waals surface area (Å²) in [5.74, 6) is -1.08. The molecule has 1 unspecified atom stereocenters. The van der Waals surface area contributed by atoms with E-state index in [1.54, 1.807) is 29.2 Å². The molecule has 2 aromatic rings. The van der Waals surface area contributed by atoms with Gasteiger partial charge < -0.3 is 20.9 Å². The van der Waals surface area contributed by atoms with Gasteiger partial charge in [-0.05, 0) is 72.2 Å². The maximum atomic E-state index is 13.6. The third-order valence-corrected chi connectivity index (χ3v) is 7.04. The molecule has 6 amide bonds. The van der Waals surface area contributed by atoms with Gasteiger partial charge in [0, 0.05) is 25.8 Å². The molecular weight excluding hydrogens is 453 g/mol. The van der Waals surface area contributed by atoms with Crippen molar-refractivity contribution in [1.29, 1.82) is 0 Å². The third kappa shape index (κ3) is 3.98.